The van der Waals surface area contributed by atoms with Crippen LogP contribution in [0.2, 0.25) is 0 Å². The maximum Gasteiger partial charge on any atom is 0.435 e. The van der Waals surface area contributed by atoms with Gasteiger partial charge in [-0.3, -0.25) is 19.9 Å². The Hall–Kier alpha value is -3.80. The second-order valence-corrected chi connectivity index (χ2v) is 10.4. The number of nitrogens with one attached hydrogen (secondary N) is 2. The minimum absolute atomic E-state index is 0.140. The molecular weight excluding hydrogens is 520 g/mol. The molecule has 3 aromatic heterocycles. The molecule has 1 atom stereocenters. The van der Waals surface area contributed by atoms with E-state index in [0.717, 1.165) is 23.7 Å². The molecule has 1 aliphatic rings. The molecule has 1 amide bonds. The van der Waals surface area contributed by atoms with Crippen molar-refractivity contribution in [3.05, 3.63) is 86.9 Å². The monoisotopic (exact) mass is 544 g/mol. The normalized spacial score (nSPS) is 14.5. The third-order valence-electron chi connectivity index (χ3n) is 6.46. The number of aryl methyl sites for hydroxylation is 2. The van der Waals surface area contributed by atoms with Crippen LogP contribution in [0.15, 0.2) is 48.2 Å². The number of alkyl halides is 3. The third kappa shape index (κ3) is 5.40. The standard InChI is InChI=1S/C26H24F4N6OS/c1-14-7-21(32-11-20(14)27)22(16-3-4-16)33-24(37)18-9-15(12-36-5-6-38-25(36)31)8-17(10-18)19-13-35(2)34-23(19)26(28,29)30/h5-11,13,16,22,31H,3-4,12H2,1-2H3,(H,33,37)/t22-/m0/s1. The van der Waals surface area contributed by atoms with Gasteiger partial charge in [-0.2, -0.15) is 18.3 Å². The molecule has 1 aliphatic carbocycles. The predicted molar refractivity (Wildman–Crippen MR) is 133 cm³/mol. The van der Waals surface area contributed by atoms with Crippen molar-refractivity contribution in [3.8, 4) is 11.1 Å². The number of thiazole rings is 1. The largest absolute Gasteiger partial charge is 0.435 e. The van der Waals surface area contributed by atoms with Crippen molar-refractivity contribution in [1.82, 2.24) is 24.6 Å². The molecule has 0 unspecified atom stereocenters. The first kappa shape index (κ1) is 25.8. The van der Waals surface area contributed by atoms with Crippen LogP contribution in [0.5, 0.6) is 0 Å². The lowest BCUT2D eigenvalue weighted by molar-refractivity contribution is -0.140. The Kier molecular flexibility index (Phi) is 6.68. The Morgan fingerprint density at radius 3 is 2.66 bits per heavy atom. The van der Waals surface area contributed by atoms with Crippen LogP contribution in [-0.2, 0) is 19.8 Å². The molecule has 1 fully saturated rings. The van der Waals surface area contributed by atoms with E-state index in [1.165, 1.54) is 30.6 Å². The van der Waals surface area contributed by atoms with E-state index >= 15 is 0 Å². The Labute approximate surface area is 219 Å². The van der Waals surface area contributed by atoms with Crippen LogP contribution in [0.25, 0.3) is 11.1 Å². The van der Waals surface area contributed by atoms with Gasteiger partial charge in [0, 0.05) is 42.5 Å². The van der Waals surface area contributed by atoms with Gasteiger partial charge in [-0.15, -0.1) is 11.3 Å². The number of hydrogen-bond donors (Lipinski definition) is 2. The molecule has 4 aromatic rings. The van der Waals surface area contributed by atoms with Gasteiger partial charge >= 0.3 is 6.18 Å². The summed E-state index contributed by atoms with van der Waals surface area (Å²) in [5.41, 5.74) is 0.669. The summed E-state index contributed by atoms with van der Waals surface area (Å²) in [5.74, 6) is -0.780. The van der Waals surface area contributed by atoms with E-state index in [2.05, 4.69) is 15.4 Å². The quantitative estimate of drug-likeness (QED) is 0.313. The molecule has 3 heterocycles. The zero-order chi connectivity index (χ0) is 27.2. The number of amides is 1. The predicted octanol–water partition coefficient (Wildman–Crippen LogP) is 5.22. The lowest BCUT2D eigenvalue weighted by atomic mass is 9.98. The molecule has 12 heteroatoms. The van der Waals surface area contributed by atoms with Gasteiger partial charge in [-0.25, -0.2) is 4.39 Å². The van der Waals surface area contributed by atoms with Crippen LogP contribution in [-0.4, -0.2) is 25.2 Å². The topological polar surface area (TPSA) is 88.6 Å². The number of halogens is 4. The summed E-state index contributed by atoms with van der Waals surface area (Å²) < 4.78 is 57.8. The molecule has 5 rings (SSSR count). The summed E-state index contributed by atoms with van der Waals surface area (Å²) in [6.45, 7) is 1.82. The number of benzene rings is 1. The van der Waals surface area contributed by atoms with E-state index in [1.54, 1.807) is 41.3 Å². The van der Waals surface area contributed by atoms with Gasteiger partial charge in [-0.05, 0) is 66.6 Å². The number of carbonyl (C=O) groups excluding carboxylic acids is 1. The second kappa shape index (κ2) is 9.82. The fourth-order valence-corrected chi connectivity index (χ4v) is 5.02. The first-order valence-corrected chi connectivity index (χ1v) is 12.7. The van der Waals surface area contributed by atoms with Gasteiger partial charge in [-0.1, -0.05) is 0 Å². The third-order valence-corrected chi connectivity index (χ3v) is 7.18. The molecule has 0 bridgehead atoms. The van der Waals surface area contributed by atoms with Gasteiger partial charge in [0.25, 0.3) is 5.91 Å². The van der Waals surface area contributed by atoms with Gasteiger partial charge in [0.2, 0.25) is 0 Å². The van der Waals surface area contributed by atoms with Crippen LogP contribution >= 0.6 is 11.3 Å². The summed E-state index contributed by atoms with van der Waals surface area (Å²) in [6, 6.07) is 5.76. The van der Waals surface area contributed by atoms with Crippen molar-refractivity contribution in [2.75, 3.05) is 0 Å². The van der Waals surface area contributed by atoms with Crippen LogP contribution in [0.1, 0.15) is 51.8 Å². The fraction of sp³-hybridized carbons (Fsp3) is 0.308. The van der Waals surface area contributed by atoms with Crippen molar-refractivity contribution in [3.63, 3.8) is 0 Å². The number of rotatable bonds is 7. The smallest absolute Gasteiger partial charge is 0.343 e. The molecule has 38 heavy (non-hydrogen) atoms. The van der Waals surface area contributed by atoms with Crippen LogP contribution < -0.4 is 10.1 Å². The van der Waals surface area contributed by atoms with Crippen molar-refractivity contribution in [1.29, 1.82) is 5.41 Å². The minimum Gasteiger partial charge on any atom is -0.343 e. The number of aromatic nitrogens is 4. The highest BCUT2D eigenvalue weighted by Gasteiger charge is 2.38. The highest BCUT2D eigenvalue weighted by molar-refractivity contribution is 7.06. The van der Waals surface area contributed by atoms with E-state index in [-0.39, 0.29) is 34.0 Å². The zero-order valence-corrected chi connectivity index (χ0v) is 21.3. The zero-order valence-electron chi connectivity index (χ0n) is 20.5. The van der Waals surface area contributed by atoms with E-state index in [1.807, 2.05) is 0 Å². The SMILES string of the molecule is Cc1cc([C@@H](NC(=O)c2cc(Cn3ccsc3=N)cc(-c3cn(C)nc3C(F)(F)F)c2)C2CC2)ncc1F. The second-order valence-electron chi connectivity index (χ2n) is 9.46. The molecule has 0 saturated heterocycles. The summed E-state index contributed by atoms with van der Waals surface area (Å²) in [4.78, 5) is 18.0. The van der Waals surface area contributed by atoms with Crippen molar-refractivity contribution in [2.45, 2.75) is 38.5 Å². The Morgan fingerprint density at radius 2 is 2.03 bits per heavy atom. The molecule has 2 N–H and O–H groups in total. The average Bonchev–Trinajstić information content (AvgIpc) is 3.50. The van der Waals surface area contributed by atoms with Crippen molar-refractivity contribution < 1.29 is 22.4 Å². The lowest BCUT2D eigenvalue weighted by Gasteiger charge is -2.19. The molecule has 1 aromatic carbocycles. The van der Waals surface area contributed by atoms with E-state index in [0.29, 0.717) is 16.8 Å². The average molecular weight is 545 g/mol. The number of nitrogens with zero attached hydrogens (tertiary/aromatic N) is 4. The molecule has 198 valence electrons. The van der Waals surface area contributed by atoms with Crippen LogP contribution in [0.4, 0.5) is 17.6 Å². The summed E-state index contributed by atoms with van der Waals surface area (Å²) in [5, 5.41) is 16.4. The van der Waals surface area contributed by atoms with Gasteiger partial charge in [0.15, 0.2) is 10.5 Å². The molecule has 0 radical (unpaired) electrons. The lowest BCUT2D eigenvalue weighted by Crippen LogP contribution is -2.30. The van der Waals surface area contributed by atoms with Crippen molar-refractivity contribution in [2.24, 2.45) is 13.0 Å². The Balaban J connectivity index is 1.55. The molecular formula is C26H24F4N6OS. The van der Waals surface area contributed by atoms with Crippen LogP contribution in [0, 0.1) is 24.1 Å². The summed E-state index contributed by atoms with van der Waals surface area (Å²) in [6.07, 6.45) is 1.17. The van der Waals surface area contributed by atoms with E-state index in [4.69, 9.17) is 5.41 Å². The van der Waals surface area contributed by atoms with E-state index in [9.17, 15) is 22.4 Å². The minimum atomic E-state index is -4.69. The number of carbonyl (C=O) groups is 1. The summed E-state index contributed by atoms with van der Waals surface area (Å²) in [7, 11) is 1.40. The first-order chi connectivity index (χ1) is 18.0. The molecule has 7 nitrogen and oxygen atoms in total. The van der Waals surface area contributed by atoms with Gasteiger partial charge in [0.05, 0.1) is 17.9 Å². The first-order valence-electron chi connectivity index (χ1n) is 11.9. The fourth-order valence-electron chi connectivity index (χ4n) is 4.42. The maximum atomic E-state index is 13.8. The Morgan fingerprint density at radius 1 is 1.26 bits per heavy atom. The summed E-state index contributed by atoms with van der Waals surface area (Å²) >= 11 is 1.22. The number of hydrogen-bond acceptors (Lipinski definition) is 5. The van der Waals surface area contributed by atoms with Crippen LogP contribution in [0.3, 0.4) is 0 Å². The molecule has 1 saturated carbocycles. The van der Waals surface area contributed by atoms with Gasteiger partial charge < -0.3 is 9.88 Å². The van der Waals surface area contributed by atoms with Gasteiger partial charge in [0.1, 0.15) is 5.82 Å². The highest BCUT2D eigenvalue weighted by atomic mass is 32.1. The molecule has 0 aliphatic heterocycles. The molecule has 0 spiro atoms. The Bertz CT molecular complexity index is 1570. The van der Waals surface area contributed by atoms with E-state index < -0.39 is 29.6 Å². The highest BCUT2D eigenvalue weighted by Crippen LogP contribution is 2.41. The maximum absolute atomic E-state index is 13.8. The van der Waals surface area contributed by atoms with Crippen molar-refractivity contribution >= 4 is 17.2 Å². The number of pyridine rings is 1.